The summed E-state index contributed by atoms with van der Waals surface area (Å²) in [6.07, 6.45) is 0.700. The van der Waals surface area contributed by atoms with Gasteiger partial charge in [-0.15, -0.1) is 0 Å². The molecule has 20 heavy (non-hydrogen) atoms. The lowest BCUT2D eigenvalue weighted by Gasteiger charge is -2.20. The summed E-state index contributed by atoms with van der Waals surface area (Å²) in [5, 5.41) is 15.0. The summed E-state index contributed by atoms with van der Waals surface area (Å²) >= 11 is 0. The average Bonchev–Trinajstić information content (AvgIpc) is 2.90. The van der Waals surface area contributed by atoms with Gasteiger partial charge in [0.25, 0.3) is 5.91 Å². The Balaban J connectivity index is 2.12. The monoisotopic (exact) mass is 276 g/mol. The Kier molecular flexibility index (Phi) is 4.39. The van der Waals surface area contributed by atoms with Gasteiger partial charge in [0.1, 0.15) is 6.04 Å². The van der Waals surface area contributed by atoms with Gasteiger partial charge in [0, 0.05) is 18.7 Å². The van der Waals surface area contributed by atoms with Gasteiger partial charge in [0.2, 0.25) is 0 Å². The SMILES string of the molecule is CC[C@H](C)[C@H](NC(=O)c1ccc2c(c1)CNC2)C(=O)O. The van der Waals surface area contributed by atoms with Crippen LogP contribution in [-0.2, 0) is 17.9 Å². The predicted octanol–water partition coefficient (Wildman–Crippen LogP) is 1.52. The number of carboxylic acid groups (broad SMARTS) is 1. The molecule has 2 atom stereocenters. The summed E-state index contributed by atoms with van der Waals surface area (Å²) in [4.78, 5) is 23.4. The number of aliphatic carboxylic acids is 1. The van der Waals surface area contributed by atoms with E-state index in [1.165, 1.54) is 5.56 Å². The molecule has 0 bridgehead atoms. The van der Waals surface area contributed by atoms with E-state index in [-0.39, 0.29) is 11.8 Å². The van der Waals surface area contributed by atoms with Crippen molar-refractivity contribution in [3.63, 3.8) is 0 Å². The van der Waals surface area contributed by atoms with Gasteiger partial charge in [0.05, 0.1) is 0 Å². The van der Waals surface area contributed by atoms with E-state index < -0.39 is 12.0 Å². The Morgan fingerprint density at radius 3 is 2.70 bits per heavy atom. The minimum absolute atomic E-state index is 0.104. The highest BCUT2D eigenvalue weighted by Crippen LogP contribution is 2.17. The summed E-state index contributed by atoms with van der Waals surface area (Å²) < 4.78 is 0. The molecule has 0 radical (unpaired) electrons. The summed E-state index contributed by atoms with van der Waals surface area (Å²) in [5.41, 5.74) is 2.81. The molecule has 1 aromatic carbocycles. The number of carboxylic acids is 1. The minimum Gasteiger partial charge on any atom is -0.480 e. The van der Waals surface area contributed by atoms with Crippen LogP contribution in [0.3, 0.4) is 0 Å². The van der Waals surface area contributed by atoms with Crippen molar-refractivity contribution in [2.24, 2.45) is 5.92 Å². The van der Waals surface area contributed by atoms with Crippen molar-refractivity contribution in [2.45, 2.75) is 39.4 Å². The average molecular weight is 276 g/mol. The van der Waals surface area contributed by atoms with Gasteiger partial charge in [-0.25, -0.2) is 4.79 Å². The molecule has 0 saturated carbocycles. The molecule has 0 spiro atoms. The zero-order valence-electron chi connectivity index (χ0n) is 11.8. The van der Waals surface area contributed by atoms with E-state index >= 15 is 0 Å². The van der Waals surface area contributed by atoms with Gasteiger partial charge in [0.15, 0.2) is 0 Å². The molecule has 1 heterocycles. The molecule has 0 saturated heterocycles. The molecule has 5 heteroatoms. The van der Waals surface area contributed by atoms with Crippen LogP contribution in [0.25, 0.3) is 0 Å². The summed E-state index contributed by atoms with van der Waals surface area (Å²) in [6, 6.07) is 4.65. The van der Waals surface area contributed by atoms with Crippen LogP contribution >= 0.6 is 0 Å². The van der Waals surface area contributed by atoms with E-state index in [2.05, 4.69) is 10.6 Å². The van der Waals surface area contributed by atoms with E-state index in [4.69, 9.17) is 0 Å². The number of rotatable bonds is 5. The summed E-state index contributed by atoms with van der Waals surface area (Å²) in [6.45, 7) is 5.31. The maximum absolute atomic E-state index is 12.2. The van der Waals surface area contributed by atoms with Crippen molar-refractivity contribution in [3.8, 4) is 0 Å². The number of hydrogen-bond acceptors (Lipinski definition) is 3. The number of hydrogen-bond donors (Lipinski definition) is 3. The molecular formula is C15H20N2O3. The lowest BCUT2D eigenvalue weighted by atomic mass is 9.98. The van der Waals surface area contributed by atoms with Crippen LogP contribution in [0.2, 0.25) is 0 Å². The van der Waals surface area contributed by atoms with Crippen molar-refractivity contribution >= 4 is 11.9 Å². The number of benzene rings is 1. The highest BCUT2D eigenvalue weighted by Gasteiger charge is 2.26. The Bertz CT molecular complexity index is 528. The topological polar surface area (TPSA) is 78.4 Å². The van der Waals surface area contributed by atoms with Crippen LogP contribution in [0, 0.1) is 5.92 Å². The largest absolute Gasteiger partial charge is 0.480 e. The molecule has 0 aliphatic carbocycles. The van der Waals surface area contributed by atoms with Crippen LogP contribution in [-0.4, -0.2) is 23.0 Å². The Hall–Kier alpha value is -1.88. The lowest BCUT2D eigenvalue weighted by Crippen LogP contribution is -2.45. The normalized spacial score (nSPS) is 16.3. The minimum atomic E-state index is -0.990. The Morgan fingerprint density at radius 2 is 2.05 bits per heavy atom. The molecule has 0 fully saturated rings. The van der Waals surface area contributed by atoms with Crippen LogP contribution in [0.15, 0.2) is 18.2 Å². The van der Waals surface area contributed by atoms with Gasteiger partial charge in [-0.3, -0.25) is 4.79 Å². The fourth-order valence-electron chi connectivity index (χ4n) is 2.34. The second-order valence-corrected chi connectivity index (χ2v) is 5.26. The van der Waals surface area contributed by atoms with E-state index in [9.17, 15) is 14.7 Å². The van der Waals surface area contributed by atoms with Crippen LogP contribution in [0.5, 0.6) is 0 Å². The molecule has 3 N–H and O–H groups in total. The first-order chi connectivity index (χ1) is 9.52. The second-order valence-electron chi connectivity index (χ2n) is 5.26. The van der Waals surface area contributed by atoms with Crippen molar-refractivity contribution < 1.29 is 14.7 Å². The van der Waals surface area contributed by atoms with E-state index in [0.29, 0.717) is 12.0 Å². The molecular weight excluding hydrogens is 256 g/mol. The lowest BCUT2D eigenvalue weighted by molar-refractivity contribution is -0.140. The molecule has 1 aliphatic heterocycles. The molecule has 1 amide bonds. The maximum atomic E-state index is 12.2. The predicted molar refractivity (Wildman–Crippen MR) is 75.3 cm³/mol. The number of amides is 1. The van der Waals surface area contributed by atoms with Gasteiger partial charge in [-0.05, 0) is 29.2 Å². The van der Waals surface area contributed by atoms with Gasteiger partial charge < -0.3 is 15.7 Å². The smallest absolute Gasteiger partial charge is 0.326 e. The van der Waals surface area contributed by atoms with Crippen molar-refractivity contribution in [1.82, 2.24) is 10.6 Å². The first-order valence-electron chi connectivity index (χ1n) is 6.89. The number of carbonyl (C=O) groups excluding carboxylic acids is 1. The van der Waals surface area contributed by atoms with Crippen LogP contribution in [0.4, 0.5) is 0 Å². The summed E-state index contributed by atoms with van der Waals surface area (Å²) in [5.74, 6) is -1.42. The van der Waals surface area contributed by atoms with Gasteiger partial charge in [-0.2, -0.15) is 0 Å². The molecule has 1 aliphatic rings. The van der Waals surface area contributed by atoms with Gasteiger partial charge in [-0.1, -0.05) is 26.3 Å². The molecule has 108 valence electrons. The second kappa shape index (κ2) is 6.05. The standard InChI is InChI=1S/C15H20N2O3/c1-3-9(2)13(15(19)20)17-14(18)10-4-5-11-7-16-8-12(11)6-10/h4-6,9,13,16H,3,7-8H2,1-2H3,(H,17,18)(H,19,20)/t9-,13-/m0/s1. The molecule has 1 aromatic rings. The zero-order valence-corrected chi connectivity index (χ0v) is 11.8. The molecule has 5 nitrogen and oxygen atoms in total. The number of carbonyl (C=O) groups is 2. The zero-order chi connectivity index (χ0) is 14.7. The summed E-state index contributed by atoms with van der Waals surface area (Å²) in [7, 11) is 0. The maximum Gasteiger partial charge on any atom is 0.326 e. The third kappa shape index (κ3) is 2.99. The van der Waals surface area contributed by atoms with Crippen molar-refractivity contribution in [1.29, 1.82) is 0 Å². The molecule has 2 rings (SSSR count). The first-order valence-corrected chi connectivity index (χ1v) is 6.89. The first kappa shape index (κ1) is 14.5. The fourth-order valence-corrected chi connectivity index (χ4v) is 2.34. The number of fused-ring (bicyclic) bond motifs is 1. The highest BCUT2D eigenvalue weighted by atomic mass is 16.4. The number of nitrogens with one attached hydrogen (secondary N) is 2. The molecule has 0 unspecified atom stereocenters. The van der Waals surface area contributed by atoms with E-state index in [1.54, 1.807) is 6.07 Å². The fraction of sp³-hybridized carbons (Fsp3) is 0.467. The van der Waals surface area contributed by atoms with E-state index in [1.807, 2.05) is 26.0 Å². The van der Waals surface area contributed by atoms with E-state index in [0.717, 1.165) is 18.7 Å². The van der Waals surface area contributed by atoms with Crippen LogP contribution in [0.1, 0.15) is 41.8 Å². The quantitative estimate of drug-likeness (QED) is 0.762. The molecule has 0 aromatic heterocycles. The van der Waals surface area contributed by atoms with Crippen molar-refractivity contribution in [3.05, 3.63) is 34.9 Å². The third-order valence-corrected chi connectivity index (χ3v) is 3.86. The van der Waals surface area contributed by atoms with Gasteiger partial charge >= 0.3 is 5.97 Å². The van der Waals surface area contributed by atoms with Crippen molar-refractivity contribution in [2.75, 3.05) is 0 Å². The third-order valence-electron chi connectivity index (χ3n) is 3.86. The Labute approximate surface area is 118 Å². The highest BCUT2D eigenvalue weighted by molar-refractivity contribution is 5.96. The Morgan fingerprint density at radius 1 is 1.35 bits per heavy atom. The van der Waals surface area contributed by atoms with Crippen LogP contribution < -0.4 is 10.6 Å².